The Balaban J connectivity index is 1.98. The standard InChI is InChI=1S/C27H9F7N2O4/c1-4-5-6-7-10(17(4)28)11-8-9-15(22(33)18(11)29)26(39)36(3)27(40)16(9)23(34)20(31)13(8)12(7)19(30)21(32)14(6)25(38)35(2)24(5)37/h1-3H3. The Morgan fingerprint density at radius 2 is 0.650 bits per heavy atom. The van der Waals surface area contributed by atoms with E-state index in [1.54, 1.807) is 0 Å². The van der Waals surface area contributed by atoms with Gasteiger partial charge in [0, 0.05) is 57.2 Å². The first-order chi connectivity index (χ1) is 18.7. The van der Waals surface area contributed by atoms with Crippen LogP contribution < -0.4 is 0 Å². The molecule has 0 atom stereocenters. The predicted octanol–water partition coefficient (Wildman–Crippen LogP) is 5.47. The number of carbonyl (C=O) groups excluding carboxylic acids is 4. The van der Waals surface area contributed by atoms with Crippen LogP contribution in [0.1, 0.15) is 47.0 Å². The summed E-state index contributed by atoms with van der Waals surface area (Å²) < 4.78 is 110. The molecule has 2 heterocycles. The highest BCUT2D eigenvalue weighted by atomic mass is 19.2. The van der Waals surface area contributed by atoms with Crippen molar-refractivity contribution in [3.8, 4) is 0 Å². The van der Waals surface area contributed by atoms with E-state index in [-0.39, 0.29) is 4.90 Å². The highest BCUT2D eigenvalue weighted by Crippen LogP contribution is 2.52. The van der Waals surface area contributed by atoms with Crippen LogP contribution in [0.3, 0.4) is 0 Å². The van der Waals surface area contributed by atoms with Crippen LogP contribution in [-0.4, -0.2) is 47.5 Å². The summed E-state index contributed by atoms with van der Waals surface area (Å²) in [5.41, 5.74) is -4.65. The molecule has 2 aliphatic heterocycles. The van der Waals surface area contributed by atoms with Crippen molar-refractivity contribution in [1.82, 2.24) is 9.80 Å². The third-order valence-corrected chi connectivity index (χ3v) is 7.89. The number of rotatable bonds is 0. The summed E-state index contributed by atoms with van der Waals surface area (Å²) >= 11 is 0. The van der Waals surface area contributed by atoms with E-state index in [9.17, 15) is 19.2 Å². The van der Waals surface area contributed by atoms with E-state index in [0.29, 0.717) is 4.90 Å². The molecule has 0 radical (unpaired) electrons. The molecule has 5 aromatic rings. The second kappa shape index (κ2) is 7.03. The van der Waals surface area contributed by atoms with Gasteiger partial charge in [0.2, 0.25) is 0 Å². The van der Waals surface area contributed by atoms with Crippen molar-refractivity contribution < 1.29 is 49.9 Å². The number of carbonyl (C=O) groups is 4. The number of hydrogen-bond acceptors (Lipinski definition) is 4. The van der Waals surface area contributed by atoms with E-state index < -0.39 is 135 Å². The maximum atomic E-state index is 16.1. The Kier molecular flexibility index (Phi) is 4.26. The summed E-state index contributed by atoms with van der Waals surface area (Å²) in [7, 11) is 1.73. The maximum absolute atomic E-state index is 16.1. The molecule has 6 nitrogen and oxygen atoms in total. The lowest BCUT2D eigenvalue weighted by atomic mass is 9.79. The monoisotopic (exact) mass is 558 g/mol. The lowest BCUT2D eigenvalue weighted by Gasteiger charge is -2.30. The zero-order valence-electron chi connectivity index (χ0n) is 20.2. The number of imide groups is 2. The molecule has 0 aliphatic carbocycles. The lowest BCUT2D eigenvalue weighted by Crippen LogP contribution is -2.39. The molecule has 4 amide bonds. The van der Waals surface area contributed by atoms with Crippen molar-refractivity contribution in [2.24, 2.45) is 0 Å². The Morgan fingerprint density at radius 3 is 1.00 bits per heavy atom. The fourth-order valence-electron chi connectivity index (χ4n) is 6.08. The zero-order chi connectivity index (χ0) is 29.0. The molecule has 0 spiro atoms. The van der Waals surface area contributed by atoms with Crippen LogP contribution in [0.4, 0.5) is 30.7 Å². The molecule has 0 fully saturated rings. The normalized spacial score (nSPS) is 15.3. The quantitative estimate of drug-likeness (QED) is 0.109. The fourth-order valence-corrected chi connectivity index (χ4v) is 6.08. The molecule has 200 valence electrons. The third-order valence-electron chi connectivity index (χ3n) is 7.89. The smallest absolute Gasteiger partial charge is 0.264 e. The van der Waals surface area contributed by atoms with Crippen molar-refractivity contribution in [3.05, 3.63) is 68.5 Å². The van der Waals surface area contributed by atoms with Gasteiger partial charge in [-0.1, -0.05) is 0 Å². The van der Waals surface area contributed by atoms with Crippen molar-refractivity contribution >= 4 is 66.7 Å². The van der Waals surface area contributed by atoms with E-state index in [1.165, 1.54) is 0 Å². The van der Waals surface area contributed by atoms with Crippen molar-refractivity contribution in [2.75, 3.05) is 14.1 Å². The third kappa shape index (κ3) is 2.27. The topological polar surface area (TPSA) is 74.8 Å². The summed E-state index contributed by atoms with van der Waals surface area (Å²) in [5.74, 6) is -18.6. The molecule has 13 heteroatoms. The SMILES string of the molecule is Cc1c2c3c(c(F)c(F)c4c5c(F)c(F)c6c7c(c(F)c(F)c(c(c1F)c34)c75)C(=O)N(C)C6=O)C(=O)N(C)C2=O. The zero-order valence-corrected chi connectivity index (χ0v) is 20.2. The molecule has 0 unspecified atom stereocenters. The molecule has 5 aromatic carbocycles. The van der Waals surface area contributed by atoms with E-state index in [4.69, 9.17) is 0 Å². The molecule has 0 bridgehead atoms. The summed E-state index contributed by atoms with van der Waals surface area (Å²) in [6, 6.07) is 0. The van der Waals surface area contributed by atoms with Crippen molar-refractivity contribution in [1.29, 1.82) is 0 Å². The predicted molar refractivity (Wildman–Crippen MR) is 125 cm³/mol. The summed E-state index contributed by atoms with van der Waals surface area (Å²) in [4.78, 5) is 52.1. The molecule has 0 N–H and O–H groups in total. The first-order valence-corrected chi connectivity index (χ1v) is 11.4. The first kappa shape index (κ1) is 24.2. The molecular formula is C27H9F7N2O4. The highest BCUT2D eigenvalue weighted by molar-refractivity contribution is 6.42. The van der Waals surface area contributed by atoms with Crippen molar-refractivity contribution in [3.63, 3.8) is 0 Å². The second-order valence-corrected chi connectivity index (χ2v) is 9.66. The molecule has 7 rings (SSSR count). The number of fused-ring (bicyclic) bond motifs is 2. The maximum Gasteiger partial charge on any atom is 0.264 e. The van der Waals surface area contributed by atoms with Gasteiger partial charge in [-0.3, -0.25) is 29.0 Å². The Morgan fingerprint density at radius 1 is 0.375 bits per heavy atom. The van der Waals surface area contributed by atoms with Gasteiger partial charge in [-0.25, -0.2) is 30.7 Å². The summed E-state index contributed by atoms with van der Waals surface area (Å²) in [6.45, 7) is 1.02. The average molecular weight is 558 g/mol. The van der Waals surface area contributed by atoms with Gasteiger partial charge in [0.25, 0.3) is 23.6 Å². The van der Waals surface area contributed by atoms with Gasteiger partial charge >= 0.3 is 0 Å². The first-order valence-electron chi connectivity index (χ1n) is 11.4. The Bertz CT molecular complexity index is 1910. The van der Waals surface area contributed by atoms with Gasteiger partial charge in [0.05, 0.1) is 22.3 Å². The molecule has 2 aliphatic rings. The second-order valence-electron chi connectivity index (χ2n) is 9.66. The minimum absolute atomic E-state index is 0.213. The minimum atomic E-state index is -2.01. The van der Waals surface area contributed by atoms with E-state index >= 15 is 30.7 Å². The van der Waals surface area contributed by atoms with Gasteiger partial charge in [0.15, 0.2) is 34.9 Å². The van der Waals surface area contributed by atoms with Crippen LogP contribution in [0, 0.1) is 47.6 Å². The lowest BCUT2D eigenvalue weighted by molar-refractivity contribution is 0.0629. The number of benzene rings is 5. The average Bonchev–Trinajstić information content (AvgIpc) is 2.92. The van der Waals surface area contributed by atoms with E-state index in [0.717, 1.165) is 21.0 Å². The number of amides is 4. The van der Waals surface area contributed by atoms with Crippen LogP contribution in [0.5, 0.6) is 0 Å². The van der Waals surface area contributed by atoms with Crippen LogP contribution in [0.2, 0.25) is 0 Å². The number of hydrogen-bond donors (Lipinski definition) is 0. The molecule has 0 saturated heterocycles. The molecule has 0 saturated carbocycles. The van der Waals surface area contributed by atoms with Crippen LogP contribution in [0.25, 0.3) is 43.1 Å². The Labute approximate surface area is 216 Å². The molecule has 0 aromatic heterocycles. The number of halogens is 7. The summed E-state index contributed by atoms with van der Waals surface area (Å²) in [5, 5.41) is -8.02. The van der Waals surface area contributed by atoms with Crippen LogP contribution in [-0.2, 0) is 0 Å². The number of nitrogens with zero attached hydrogens (tertiary/aromatic N) is 2. The van der Waals surface area contributed by atoms with Gasteiger partial charge in [0.1, 0.15) is 5.82 Å². The van der Waals surface area contributed by atoms with Gasteiger partial charge in [-0.05, 0) is 12.5 Å². The molecule has 40 heavy (non-hydrogen) atoms. The highest BCUT2D eigenvalue weighted by Gasteiger charge is 2.44. The van der Waals surface area contributed by atoms with E-state index in [2.05, 4.69) is 0 Å². The van der Waals surface area contributed by atoms with E-state index in [1.807, 2.05) is 0 Å². The summed E-state index contributed by atoms with van der Waals surface area (Å²) in [6.07, 6.45) is 0. The largest absolute Gasteiger partial charge is 0.277 e. The fraction of sp³-hybridized carbons (Fsp3) is 0.111. The van der Waals surface area contributed by atoms with Crippen LogP contribution >= 0.6 is 0 Å². The van der Waals surface area contributed by atoms with Gasteiger partial charge in [-0.2, -0.15) is 0 Å². The van der Waals surface area contributed by atoms with Gasteiger partial charge < -0.3 is 0 Å². The van der Waals surface area contributed by atoms with Gasteiger partial charge in [-0.15, -0.1) is 0 Å². The van der Waals surface area contributed by atoms with Crippen LogP contribution in [0.15, 0.2) is 0 Å². The van der Waals surface area contributed by atoms with Crippen molar-refractivity contribution in [2.45, 2.75) is 6.92 Å². The minimum Gasteiger partial charge on any atom is -0.277 e. The molecular weight excluding hydrogens is 549 g/mol. The Hall–Kier alpha value is -4.81.